The number of benzene rings is 2. The topological polar surface area (TPSA) is 60.9 Å². The summed E-state index contributed by atoms with van der Waals surface area (Å²) in [5.74, 6) is 0.406. The molecule has 140 valence electrons. The lowest BCUT2D eigenvalue weighted by Crippen LogP contribution is -2.53. The van der Waals surface area contributed by atoms with E-state index in [2.05, 4.69) is 24.3 Å². The molecule has 0 aliphatic carbocycles. The van der Waals surface area contributed by atoms with Crippen LogP contribution in [0.25, 0.3) is 10.8 Å². The van der Waals surface area contributed by atoms with Crippen LogP contribution in [0.5, 0.6) is 0 Å². The fourth-order valence-corrected chi connectivity index (χ4v) is 4.83. The Morgan fingerprint density at radius 3 is 2.35 bits per heavy atom. The van der Waals surface area contributed by atoms with Crippen LogP contribution in [0.2, 0.25) is 0 Å². The van der Waals surface area contributed by atoms with Gasteiger partial charge in [0.2, 0.25) is 5.91 Å². The Kier molecular flexibility index (Phi) is 5.86. The molecule has 2 aromatic rings. The third-order valence-electron chi connectivity index (χ3n) is 4.46. The number of amides is 1. The van der Waals surface area contributed by atoms with Gasteiger partial charge in [-0.2, -0.15) is 17.0 Å². The summed E-state index contributed by atoms with van der Waals surface area (Å²) in [5, 5.41) is 2.34. The van der Waals surface area contributed by atoms with Gasteiger partial charge < -0.3 is 4.90 Å². The maximum atomic E-state index is 12.5. The van der Waals surface area contributed by atoms with Crippen molar-refractivity contribution in [2.75, 3.05) is 46.0 Å². The van der Waals surface area contributed by atoms with Crippen LogP contribution in [0.1, 0.15) is 0 Å². The molecular weight excluding hydrogens is 370 g/mol. The molecule has 0 saturated carbocycles. The Balaban J connectivity index is 1.54. The molecule has 1 aliphatic rings. The highest BCUT2D eigenvalue weighted by Gasteiger charge is 2.30. The molecular formula is C18H23N3O3S2. The molecule has 0 spiro atoms. The first-order valence-electron chi connectivity index (χ1n) is 8.45. The highest BCUT2D eigenvalue weighted by atomic mass is 32.2. The van der Waals surface area contributed by atoms with Crippen LogP contribution in [-0.2, 0) is 15.0 Å². The summed E-state index contributed by atoms with van der Waals surface area (Å²) in [7, 11) is -0.360. The number of carbonyl (C=O) groups is 1. The average molecular weight is 394 g/mol. The molecule has 2 aromatic carbocycles. The van der Waals surface area contributed by atoms with Crippen LogP contribution in [-0.4, -0.2) is 73.9 Å². The smallest absolute Gasteiger partial charge is 0.281 e. The quantitative estimate of drug-likeness (QED) is 0.728. The van der Waals surface area contributed by atoms with Gasteiger partial charge in [-0.3, -0.25) is 4.79 Å². The second kappa shape index (κ2) is 7.96. The predicted octanol–water partition coefficient (Wildman–Crippen LogP) is 1.88. The van der Waals surface area contributed by atoms with Crippen molar-refractivity contribution in [3.8, 4) is 0 Å². The van der Waals surface area contributed by atoms with Gasteiger partial charge in [-0.15, -0.1) is 11.8 Å². The highest BCUT2D eigenvalue weighted by Crippen LogP contribution is 2.24. The van der Waals surface area contributed by atoms with E-state index in [-0.39, 0.29) is 5.91 Å². The molecule has 6 nitrogen and oxygen atoms in total. The monoisotopic (exact) mass is 393 g/mol. The van der Waals surface area contributed by atoms with E-state index in [4.69, 9.17) is 0 Å². The maximum Gasteiger partial charge on any atom is 0.281 e. The van der Waals surface area contributed by atoms with E-state index in [1.54, 1.807) is 4.90 Å². The van der Waals surface area contributed by atoms with E-state index in [0.29, 0.717) is 31.9 Å². The number of fused-ring (bicyclic) bond motifs is 1. The molecule has 1 amide bonds. The predicted molar refractivity (Wildman–Crippen MR) is 105 cm³/mol. The van der Waals surface area contributed by atoms with E-state index in [0.717, 1.165) is 10.3 Å². The molecule has 0 unspecified atom stereocenters. The third kappa shape index (κ3) is 4.20. The van der Waals surface area contributed by atoms with Crippen molar-refractivity contribution < 1.29 is 13.2 Å². The van der Waals surface area contributed by atoms with Gasteiger partial charge in [0.15, 0.2) is 0 Å². The fraction of sp³-hybridized carbons (Fsp3) is 0.389. The zero-order valence-electron chi connectivity index (χ0n) is 15.0. The second-order valence-electron chi connectivity index (χ2n) is 6.37. The minimum Gasteiger partial charge on any atom is -0.339 e. The van der Waals surface area contributed by atoms with Gasteiger partial charge >= 0.3 is 0 Å². The SMILES string of the molecule is CN(C)S(=O)(=O)N1CCN(C(=O)CSc2ccc3ccccc3c2)CC1. The number of thioether (sulfide) groups is 1. The number of carbonyl (C=O) groups excluding carboxylic acids is 1. The summed E-state index contributed by atoms with van der Waals surface area (Å²) < 4.78 is 26.9. The Morgan fingerprint density at radius 2 is 1.69 bits per heavy atom. The molecule has 1 aliphatic heterocycles. The van der Waals surface area contributed by atoms with E-state index in [9.17, 15) is 13.2 Å². The molecule has 0 aromatic heterocycles. The number of nitrogens with zero attached hydrogens (tertiary/aromatic N) is 3. The highest BCUT2D eigenvalue weighted by molar-refractivity contribution is 8.00. The molecule has 0 bridgehead atoms. The van der Waals surface area contributed by atoms with Gasteiger partial charge in [0.05, 0.1) is 5.75 Å². The van der Waals surface area contributed by atoms with Crippen LogP contribution in [0.4, 0.5) is 0 Å². The van der Waals surface area contributed by atoms with Crippen molar-refractivity contribution >= 4 is 38.7 Å². The van der Waals surface area contributed by atoms with E-state index in [1.807, 2.05) is 18.2 Å². The minimum absolute atomic E-state index is 0.0464. The standard InChI is InChI=1S/C18H23N3O3S2/c1-19(2)26(23,24)21-11-9-20(10-12-21)18(22)14-25-17-8-7-15-5-3-4-6-16(15)13-17/h3-8,13H,9-12,14H2,1-2H3. The second-order valence-corrected chi connectivity index (χ2v) is 9.56. The van der Waals surface area contributed by atoms with E-state index >= 15 is 0 Å². The largest absolute Gasteiger partial charge is 0.339 e. The number of hydrogen-bond donors (Lipinski definition) is 0. The summed E-state index contributed by atoms with van der Waals surface area (Å²) in [6.45, 7) is 1.55. The van der Waals surface area contributed by atoms with Crippen molar-refractivity contribution in [1.29, 1.82) is 0 Å². The van der Waals surface area contributed by atoms with Gasteiger partial charge in [0.25, 0.3) is 10.2 Å². The first kappa shape index (κ1) is 19.2. The average Bonchev–Trinajstić information content (AvgIpc) is 2.66. The molecule has 0 radical (unpaired) electrons. The van der Waals surface area contributed by atoms with Crippen LogP contribution in [0.3, 0.4) is 0 Å². The molecule has 1 fully saturated rings. The zero-order valence-corrected chi connectivity index (χ0v) is 16.6. The number of rotatable bonds is 5. The van der Waals surface area contributed by atoms with Gasteiger partial charge in [0.1, 0.15) is 0 Å². The van der Waals surface area contributed by atoms with Crippen molar-refractivity contribution in [3.05, 3.63) is 42.5 Å². The third-order valence-corrected chi connectivity index (χ3v) is 7.38. The van der Waals surface area contributed by atoms with Crippen LogP contribution in [0, 0.1) is 0 Å². The normalized spacial score (nSPS) is 16.3. The molecule has 0 N–H and O–H groups in total. The molecule has 26 heavy (non-hydrogen) atoms. The Bertz CT molecular complexity index is 891. The summed E-state index contributed by atoms with van der Waals surface area (Å²) in [6, 6.07) is 14.3. The number of hydrogen-bond acceptors (Lipinski definition) is 4. The number of piperazine rings is 1. The van der Waals surface area contributed by atoms with Gasteiger partial charge in [-0.1, -0.05) is 30.3 Å². The van der Waals surface area contributed by atoms with Crippen LogP contribution < -0.4 is 0 Å². The summed E-state index contributed by atoms with van der Waals surface area (Å²) in [6.07, 6.45) is 0. The van der Waals surface area contributed by atoms with Crippen LogP contribution in [0.15, 0.2) is 47.4 Å². The Hall–Kier alpha value is -1.61. The molecule has 1 saturated heterocycles. The zero-order chi connectivity index (χ0) is 18.7. The summed E-state index contributed by atoms with van der Waals surface area (Å²) in [5.41, 5.74) is 0. The molecule has 3 rings (SSSR count). The first-order valence-corrected chi connectivity index (χ1v) is 10.8. The van der Waals surface area contributed by atoms with Gasteiger partial charge in [-0.25, -0.2) is 0 Å². The first-order chi connectivity index (χ1) is 12.4. The van der Waals surface area contributed by atoms with Crippen molar-refractivity contribution in [2.45, 2.75) is 4.90 Å². The maximum absolute atomic E-state index is 12.5. The van der Waals surface area contributed by atoms with Crippen molar-refractivity contribution in [3.63, 3.8) is 0 Å². The van der Waals surface area contributed by atoms with Crippen molar-refractivity contribution in [1.82, 2.24) is 13.5 Å². The Labute approximate surface area is 158 Å². The van der Waals surface area contributed by atoms with E-state index < -0.39 is 10.2 Å². The lowest BCUT2D eigenvalue weighted by molar-refractivity contribution is -0.129. The lowest BCUT2D eigenvalue weighted by Gasteiger charge is -2.35. The molecule has 0 atom stereocenters. The summed E-state index contributed by atoms with van der Waals surface area (Å²) >= 11 is 1.52. The molecule has 8 heteroatoms. The van der Waals surface area contributed by atoms with E-state index in [1.165, 1.54) is 39.9 Å². The minimum atomic E-state index is -3.40. The lowest BCUT2D eigenvalue weighted by atomic mass is 10.1. The van der Waals surface area contributed by atoms with Gasteiger partial charge in [-0.05, 0) is 22.9 Å². The van der Waals surface area contributed by atoms with Gasteiger partial charge in [0, 0.05) is 45.2 Å². The fourth-order valence-electron chi connectivity index (χ4n) is 2.89. The Morgan fingerprint density at radius 1 is 1.04 bits per heavy atom. The van der Waals surface area contributed by atoms with Crippen LogP contribution >= 0.6 is 11.8 Å². The summed E-state index contributed by atoms with van der Waals surface area (Å²) in [4.78, 5) is 15.3. The molecule has 1 heterocycles. The van der Waals surface area contributed by atoms with Crippen molar-refractivity contribution in [2.24, 2.45) is 0 Å².